The Morgan fingerprint density at radius 1 is 1.29 bits per heavy atom. The Morgan fingerprint density at radius 2 is 2.04 bits per heavy atom. The zero-order valence-corrected chi connectivity index (χ0v) is 13.8. The van der Waals surface area contributed by atoms with Gasteiger partial charge in [-0.1, -0.05) is 18.2 Å². The second kappa shape index (κ2) is 6.61. The number of aromatic nitrogens is 6. The number of carbonyl (C=O) groups excluding carboxylic acids is 1. The maximum atomic E-state index is 12.5. The Bertz CT molecular complexity index is 837. The molecule has 3 aromatic rings. The molecular weight excluding hydrogens is 306 g/mol. The molecule has 2 heterocycles. The molecule has 0 fully saturated rings. The average molecular weight is 325 g/mol. The quantitative estimate of drug-likeness (QED) is 0.770. The number of hydrogen-bond acceptors (Lipinski definition) is 5. The Labute approximate surface area is 139 Å². The van der Waals surface area contributed by atoms with Gasteiger partial charge < -0.3 is 5.32 Å². The zero-order chi connectivity index (χ0) is 17.1. The van der Waals surface area contributed by atoms with E-state index >= 15 is 0 Å². The van der Waals surface area contributed by atoms with Gasteiger partial charge in [-0.3, -0.25) is 9.48 Å². The summed E-state index contributed by atoms with van der Waals surface area (Å²) in [5.74, 6) is 0.362. The van der Waals surface area contributed by atoms with Gasteiger partial charge in [0, 0.05) is 6.54 Å². The fourth-order valence-electron chi connectivity index (χ4n) is 2.52. The Balaban J connectivity index is 1.82. The van der Waals surface area contributed by atoms with Crippen molar-refractivity contribution in [2.75, 3.05) is 0 Å². The number of para-hydroxylation sites is 1. The smallest absolute Gasteiger partial charge is 0.270 e. The first kappa shape index (κ1) is 15.9. The van der Waals surface area contributed by atoms with Gasteiger partial charge in [-0.25, -0.2) is 0 Å². The molecule has 0 spiro atoms. The molecule has 1 aromatic carbocycles. The molecule has 1 unspecified atom stereocenters. The minimum absolute atomic E-state index is 0.201. The van der Waals surface area contributed by atoms with E-state index in [1.807, 2.05) is 51.1 Å². The van der Waals surface area contributed by atoms with E-state index in [1.165, 1.54) is 0 Å². The van der Waals surface area contributed by atoms with Crippen molar-refractivity contribution in [1.82, 2.24) is 35.3 Å². The molecule has 3 rings (SSSR count). The molecule has 2 aromatic heterocycles. The van der Waals surface area contributed by atoms with Crippen molar-refractivity contribution in [3.63, 3.8) is 0 Å². The fourth-order valence-corrected chi connectivity index (χ4v) is 2.52. The van der Waals surface area contributed by atoms with Crippen molar-refractivity contribution in [2.24, 2.45) is 0 Å². The van der Waals surface area contributed by atoms with Crippen LogP contribution in [0.5, 0.6) is 0 Å². The number of tetrazole rings is 1. The predicted molar refractivity (Wildman–Crippen MR) is 87.7 cm³/mol. The van der Waals surface area contributed by atoms with Gasteiger partial charge in [0.15, 0.2) is 5.82 Å². The summed E-state index contributed by atoms with van der Waals surface area (Å²) in [7, 11) is 0. The number of benzene rings is 1. The number of nitrogens with one attached hydrogen (secondary N) is 1. The number of carbonyl (C=O) groups is 1. The Morgan fingerprint density at radius 3 is 2.75 bits per heavy atom. The summed E-state index contributed by atoms with van der Waals surface area (Å²) >= 11 is 0. The summed E-state index contributed by atoms with van der Waals surface area (Å²) in [4.78, 5) is 12.5. The van der Waals surface area contributed by atoms with Gasteiger partial charge >= 0.3 is 0 Å². The maximum Gasteiger partial charge on any atom is 0.270 e. The number of hydrogen-bond donors (Lipinski definition) is 1. The van der Waals surface area contributed by atoms with E-state index in [0.29, 0.717) is 18.1 Å². The highest BCUT2D eigenvalue weighted by atomic mass is 16.2. The summed E-state index contributed by atoms with van der Waals surface area (Å²) in [6.45, 7) is 6.29. The minimum Gasteiger partial charge on any atom is -0.341 e. The zero-order valence-electron chi connectivity index (χ0n) is 13.8. The SMILES string of the molecule is CCn1nc(C)cc1C(=O)NC(C)c1nnnn1-c1ccccc1. The molecule has 0 aliphatic heterocycles. The normalized spacial score (nSPS) is 12.1. The Kier molecular flexibility index (Phi) is 4.37. The summed E-state index contributed by atoms with van der Waals surface area (Å²) in [6, 6.07) is 11.0. The van der Waals surface area contributed by atoms with Gasteiger partial charge in [0.1, 0.15) is 5.69 Å². The van der Waals surface area contributed by atoms with E-state index in [2.05, 4.69) is 25.9 Å². The molecule has 0 saturated carbocycles. The van der Waals surface area contributed by atoms with Crippen LogP contribution in [0, 0.1) is 6.92 Å². The lowest BCUT2D eigenvalue weighted by Gasteiger charge is -2.14. The van der Waals surface area contributed by atoms with E-state index in [-0.39, 0.29) is 11.9 Å². The van der Waals surface area contributed by atoms with E-state index in [0.717, 1.165) is 11.4 Å². The molecule has 0 bridgehead atoms. The largest absolute Gasteiger partial charge is 0.341 e. The lowest BCUT2D eigenvalue weighted by atomic mass is 10.2. The molecule has 0 aliphatic rings. The van der Waals surface area contributed by atoms with Crippen LogP contribution >= 0.6 is 0 Å². The van der Waals surface area contributed by atoms with E-state index < -0.39 is 0 Å². The first-order valence-electron chi connectivity index (χ1n) is 7.79. The second-order valence-electron chi connectivity index (χ2n) is 5.47. The molecular formula is C16H19N7O. The number of aryl methyl sites for hydroxylation is 2. The topological polar surface area (TPSA) is 90.5 Å². The van der Waals surface area contributed by atoms with Gasteiger partial charge in [-0.2, -0.15) is 9.78 Å². The standard InChI is InChI=1S/C16H19N7O/c1-4-22-14(10-11(2)19-22)16(24)17-12(3)15-18-20-21-23(15)13-8-6-5-7-9-13/h5-10,12H,4H2,1-3H3,(H,17,24). The van der Waals surface area contributed by atoms with Gasteiger partial charge in [0.05, 0.1) is 17.4 Å². The van der Waals surface area contributed by atoms with Gasteiger partial charge in [-0.15, -0.1) is 5.10 Å². The molecule has 24 heavy (non-hydrogen) atoms. The highest BCUT2D eigenvalue weighted by molar-refractivity contribution is 5.92. The van der Waals surface area contributed by atoms with E-state index in [4.69, 9.17) is 0 Å². The lowest BCUT2D eigenvalue weighted by Crippen LogP contribution is -2.30. The highest BCUT2D eigenvalue weighted by Gasteiger charge is 2.20. The van der Waals surface area contributed by atoms with E-state index in [9.17, 15) is 4.79 Å². The monoisotopic (exact) mass is 325 g/mol. The van der Waals surface area contributed by atoms with Gasteiger partial charge in [0.25, 0.3) is 5.91 Å². The summed E-state index contributed by atoms with van der Waals surface area (Å²) in [5.41, 5.74) is 2.18. The lowest BCUT2D eigenvalue weighted by molar-refractivity contribution is 0.0927. The molecule has 0 radical (unpaired) electrons. The number of nitrogens with zero attached hydrogens (tertiary/aromatic N) is 6. The predicted octanol–water partition coefficient (Wildman–Crippen LogP) is 1.68. The minimum atomic E-state index is -0.354. The van der Waals surface area contributed by atoms with Crippen LogP contribution in [0.25, 0.3) is 5.69 Å². The van der Waals surface area contributed by atoms with Crippen molar-refractivity contribution < 1.29 is 4.79 Å². The van der Waals surface area contributed by atoms with Crippen molar-refractivity contribution in [3.05, 3.63) is 53.6 Å². The van der Waals surface area contributed by atoms with Crippen molar-refractivity contribution in [1.29, 1.82) is 0 Å². The molecule has 0 aliphatic carbocycles. The molecule has 1 atom stereocenters. The fraction of sp³-hybridized carbons (Fsp3) is 0.312. The summed E-state index contributed by atoms with van der Waals surface area (Å²) < 4.78 is 3.30. The van der Waals surface area contributed by atoms with E-state index in [1.54, 1.807) is 15.4 Å². The third-order valence-corrected chi connectivity index (χ3v) is 3.66. The van der Waals surface area contributed by atoms with Crippen molar-refractivity contribution in [3.8, 4) is 5.69 Å². The van der Waals surface area contributed by atoms with Crippen LogP contribution in [-0.4, -0.2) is 35.9 Å². The van der Waals surface area contributed by atoms with Crippen LogP contribution in [0.15, 0.2) is 36.4 Å². The molecule has 8 heteroatoms. The van der Waals surface area contributed by atoms with Gasteiger partial charge in [0.2, 0.25) is 0 Å². The van der Waals surface area contributed by atoms with Crippen LogP contribution in [0.3, 0.4) is 0 Å². The van der Waals surface area contributed by atoms with Crippen LogP contribution < -0.4 is 5.32 Å². The van der Waals surface area contributed by atoms with Crippen LogP contribution in [0.4, 0.5) is 0 Å². The highest BCUT2D eigenvalue weighted by Crippen LogP contribution is 2.14. The number of rotatable bonds is 5. The third-order valence-electron chi connectivity index (χ3n) is 3.66. The molecule has 1 N–H and O–H groups in total. The summed E-state index contributed by atoms with van der Waals surface area (Å²) in [6.07, 6.45) is 0. The average Bonchev–Trinajstić information content (AvgIpc) is 3.22. The summed E-state index contributed by atoms with van der Waals surface area (Å²) in [5, 5.41) is 19.0. The molecule has 1 amide bonds. The third kappa shape index (κ3) is 3.03. The molecule has 124 valence electrons. The second-order valence-corrected chi connectivity index (χ2v) is 5.47. The first-order valence-corrected chi connectivity index (χ1v) is 7.79. The van der Waals surface area contributed by atoms with Crippen LogP contribution in [0.2, 0.25) is 0 Å². The molecule has 8 nitrogen and oxygen atoms in total. The maximum absolute atomic E-state index is 12.5. The first-order chi connectivity index (χ1) is 11.6. The molecule has 0 saturated heterocycles. The van der Waals surface area contributed by atoms with Crippen molar-refractivity contribution >= 4 is 5.91 Å². The van der Waals surface area contributed by atoms with Crippen LogP contribution in [0.1, 0.15) is 41.9 Å². The van der Waals surface area contributed by atoms with Crippen LogP contribution in [-0.2, 0) is 6.54 Å². The number of amides is 1. The van der Waals surface area contributed by atoms with Crippen molar-refractivity contribution in [2.45, 2.75) is 33.4 Å². The van der Waals surface area contributed by atoms with Gasteiger partial charge in [-0.05, 0) is 49.4 Å². The Hall–Kier alpha value is -3.03.